The first-order valence-corrected chi connectivity index (χ1v) is 10.9. The highest BCUT2D eigenvalue weighted by molar-refractivity contribution is 7.11. The standard InChI is InChI=1S/C19H19Cl4NO3S/c20-16-11-14(25-9-6-18(22)23)12-17(21)19(16)26-7-2-1-3-8-27-24-13-15-5-4-10-28-15/h4-6,10-13H,1-3,7-9H2. The average Bonchev–Trinajstić information content (AvgIpc) is 3.15. The fourth-order valence-electron chi connectivity index (χ4n) is 2.09. The van der Waals surface area contributed by atoms with Crippen LogP contribution in [0.4, 0.5) is 0 Å². The fraction of sp³-hybridized carbons (Fsp3) is 0.316. The van der Waals surface area contributed by atoms with Gasteiger partial charge in [0.25, 0.3) is 0 Å². The second-order valence-electron chi connectivity index (χ2n) is 5.51. The molecule has 28 heavy (non-hydrogen) atoms. The Morgan fingerprint density at radius 3 is 2.46 bits per heavy atom. The van der Waals surface area contributed by atoms with Crippen molar-refractivity contribution in [2.75, 3.05) is 19.8 Å². The van der Waals surface area contributed by atoms with E-state index in [-0.39, 0.29) is 11.1 Å². The fourth-order valence-corrected chi connectivity index (χ4v) is 3.36. The van der Waals surface area contributed by atoms with Gasteiger partial charge in [-0.3, -0.25) is 0 Å². The lowest BCUT2D eigenvalue weighted by Crippen LogP contribution is -2.00. The average molecular weight is 483 g/mol. The molecule has 2 aromatic rings. The summed E-state index contributed by atoms with van der Waals surface area (Å²) in [6.45, 7) is 1.29. The van der Waals surface area contributed by atoms with Crippen molar-refractivity contribution in [3.8, 4) is 11.5 Å². The first kappa shape index (κ1) is 23.2. The predicted octanol–water partition coefficient (Wildman–Crippen LogP) is 7.35. The SMILES string of the molecule is ClC(Cl)=CCOc1cc(Cl)c(OCCCCCON=Cc2cccs2)c(Cl)c1. The molecule has 1 heterocycles. The molecule has 0 saturated heterocycles. The molecule has 1 aromatic carbocycles. The van der Waals surface area contributed by atoms with Gasteiger partial charge in [0.15, 0.2) is 5.75 Å². The molecule has 1 aromatic heterocycles. The molecule has 0 aliphatic carbocycles. The normalized spacial score (nSPS) is 10.9. The van der Waals surface area contributed by atoms with Gasteiger partial charge in [0.1, 0.15) is 23.5 Å². The number of benzene rings is 1. The van der Waals surface area contributed by atoms with Gasteiger partial charge in [0.05, 0.1) is 22.9 Å². The minimum Gasteiger partial charge on any atom is -0.490 e. The quantitative estimate of drug-likeness (QED) is 0.180. The first-order chi connectivity index (χ1) is 13.6. The van der Waals surface area contributed by atoms with Gasteiger partial charge in [-0.15, -0.1) is 11.3 Å². The predicted molar refractivity (Wildman–Crippen MR) is 119 cm³/mol. The molecule has 0 unspecified atom stereocenters. The summed E-state index contributed by atoms with van der Waals surface area (Å²) in [6.07, 6.45) is 5.91. The van der Waals surface area contributed by atoms with Crippen LogP contribution in [0.15, 0.2) is 45.4 Å². The van der Waals surface area contributed by atoms with Crippen molar-refractivity contribution >= 4 is 64.0 Å². The lowest BCUT2D eigenvalue weighted by Gasteiger charge is -2.12. The van der Waals surface area contributed by atoms with Gasteiger partial charge >= 0.3 is 0 Å². The lowest BCUT2D eigenvalue weighted by molar-refractivity contribution is 0.140. The Bertz CT molecular complexity index is 754. The van der Waals surface area contributed by atoms with Crippen LogP contribution in [0.25, 0.3) is 0 Å². The first-order valence-electron chi connectivity index (χ1n) is 8.51. The van der Waals surface area contributed by atoms with E-state index in [9.17, 15) is 0 Å². The Balaban J connectivity index is 1.63. The molecule has 0 amide bonds. The molecular weight excluding hydrogens is 464 g/mol. The lowest BCUT2D eigenvalue weighted by atomic mass is 10.2. The van der Waals surface area contributed by atoms with Crippen molar-refractivity contribution in [2.24, 2.45) is 5.16 Å². The van der Waals surface area contributed by atoms with Crippen molar-refractivity contribution in [1.29, 1.82) is 0 Å². The van der Waals surface area contributed by atoms with E-state index in [0.29, 0.717) is 34.8 Å². The third kappa shape index (κ3) is 8.93. The van der Waals surface area contributed by atoms with Gasteiger partial charge in [-0.25, -0.2) is 0 Å². The van der Waals surface area contributed by atoms with Gasteiger partial charge in [0, 0.05) is 17.0 Å². The second kappa shape index (κ2) is 13.2. The maximum Gasteiger partial charge on any atom is 0.156 e. The number of ether oxygens (including phenoxy) is 2. The Hall–Kier alpha value is -1.11. The minimum absolute atomic E-state index is 0.136. The molecule has 9 heteroatoms. The van der Waals surface area contributed by atoms with Crippen molar-refractivity contribution in [3.05, 3.63) is 55.1 Å². The Morgan fingerprint density at radius 1 is 1.04 bits per heavy atom. The molecule has 0 saturated carbocycles. The Kier molecular flexibility index (Phi) is 10.9. The van der Waals surface area contributed by atoms with E-state index in [4.69, 9.17) is 60.7 Å². The van der Waals surface area contributed by atoms with Crippen LogP contribution >= 0.6 is 57.7 Å². The molecule has 0 spiro atoms. The van der Waals surface area contributed by atoms with E-state index in [0.717, 1.165) is 24.1 Å². The Labute approximate surface area is 188 Å². The van der Waals surface area contributed by atoms with E-state index in [1.165, 1.54) is 6.08 Å². The molecule has 0 fully saturated rings. The smallest absolute Gasteiger partial charge is 0.156 e. The van der Waals surface area contributed by atoms with Gasteiger partial charge in [-0.2, -0.15) is 0 Å². The second-order valence-corrected chi connectivity index (χ2v) is 8.31. The monoisotopic (exact) mass is 481 g/mol. The number of hydrogen-bond acceptors (Lipinski definition) is 5. The van der Waals surface area contributed by atoms with Crippen LogP contribution in [0.5, 0.6) is 11.5 Å². The molecule has 0 N–H and O–H groups in total. The summed E-state index contributed by atoms with van der Waals surface area (Å²) < 4.78 is 11.3. The highest BCUT2D eigenvalue weighted by atomic mass is 35.5. The highest BCUT2D eigenvalue weighted by Crippen LogP contribution is 2.37. The topological polar surface area (TPSA) is 40.0 Å². The highest BCUT2D eigenvalue weighted by Gasteiger charge is 2.10. The number of rotatable bonds is 12. The zero-order chi connectivity index (χ0) is 20.2. The van der Waals surface area contributed by atoms with Crippen molar-refractivity contribution in [3.63, 3.8) is 0 Å². The maximum absolute atomic E-state index is 6.22. The molecule has 0 bridgehead atoms. The van der Waals surface area contributed by atoms with Crippen LogP contribution < -0.4 is 9.47 Å². The van der Waals surface area contributed by atoms with E-state index >= 15 is 0 Å². The summed E-state index contributed by atoms with van der Waals surface area (Å²) >= 11 is 25.1. The van der Waals surface area contributed by atoms with Gasteiger partial charge in [0.2, 0.25) is 0 Å². The summed E-state index contributed by atoms with van der Waals surface area (Å²) in [5.74, 6) is 0.951. The number of thiophene rings is 1. The minimum atomic E-state index is 0.136. The zero-order valence-electron chi connectivity index (χ0n) is 14.9. The summed E-state index contributed by atoms with van der Waals surface area (Å²) in [7, 11) is 0. The summed E-state index contributed by atoms with van der Waals surface area (Å²) in [6, 6.07) is 7.23. The van der Waals surface area contributed by atoms with Crippen molar-refractivity contribution in [1.82, 2.24) is 0 Å². The van der Waals surface area contributed by atoms with Crippen LogP contribution in [0, 0.1) is 0 Å². The van der Waals surface area contributed by atoms with Crippen LogP contribution in [-0.4, -0.2) is 26.0 Å². The molecule has 0 atom stereocenters. The molecule has 0 radical (unpaired) electrons. The zero-order valence-corrected chi connectivity index (χ0v) is 18.7. The van der Waals surface area contributed by atoms with Gasteiger partial charge in [-0.1, -0.05) is 57.6 Å². The van der Waals surface area contributed by atoms with Gasteiger partial charge in [-0.05, 0) is 36.8 Å². The van der Waals surface area contributed by atoms with E-state index < -0.39 is 0 Å². The van der Waals surface area contributed by atoms with Crippen LogP contribution in [0.1, 0.15) is 24.1 Å². The van der Waals surface area contributed by atoms with E-state index in [1.807, 2.05) is 17.5 Å². The number of nitrogens with zero attached hydrogens (tertiary/aromatic N) is 1. The molecule has 152 valence electrons. The van der Waals surface area contributed by atoms with Crippen molar-refractivity contribution in [2.45, 2.75) is 19.3 Å². The number of halogens is 4. The van der Waals surface area contributed by atoms with E-state index in [1.54, 1.807) is 29.7 Å². The molecule has 2 rings (SSSR count). The van der Waals surface area contributed by atoms with Crippen LogP contribution in [-0.2, 0) is 4.84 Å². The summed E-state index contributed by atoms with van der Waals surface area (Å²) in [4.78, 5) is 6.30. The summed E-state index contributed by atoms with van der Waals surface area (Å²) in [5, 5.41) is 6.69. The summed E-state index contributed by atoms with van der Waals surface area (Å²) in [5.41, 5.74) is 0. The number of hydrogen-bond donors (Lipinski definition) is 0. The molecular formula is C19H19Cl4NO3S. The van der Waals surface area contributed by atoms with Gasteiger partial charge < -0.3 is 14.3 Å². The third-order valence-electron chi connectivity index (χ3n) is 3.38. The number of oxime groups is 1. The molecule has 4 nitrogen and oxygen atoms in total. The largest absolute Gasteiger partial charge is 0.490 e. The molecule has 0 aliphatic rings. The van der Waals surface area contributed by atoms with E-state index in [2.05, 4.69) is 5.16 Å². The number of unbranched alkanes of at least 4 members (excludes halogenated alkanes) is 2. The Morgan fingerprint density at radius 2 is 1.79 bits per heavy atom. The maximum atomic E-state index is 6.22. The molecule has 0 aliphatic heterocycles. The van der Waals surface area contributed by atoms with Crippen molar-refractivity contribution < 1.29 is 14.3 Å². The van der Waals surface area contributed by atoms with Crippen LogP contribution in [0.3, 0.4) is 0 Å². The third-order valence-corrected chi connectivity index (χ3v) is 5.06. The van der Waals surface area contributed by atoms with Crippen LogP contribution in [0.2, 0.25) is 10.0 Å².